The number of nitrogens with zero attached hydrogens (tertiary/aromatic N) is 1. The zero-order valence-electron chi connectivity index (χ0n) is 12.8. The van der Waals surface area contributed by atoms with E-state index in [9.17, 15) is 4.79 Å². The van der Waals surface area contributed by atoms with Crippen molar-refractivity contribution in [2.24, 2.45) is 0 Å². The molecule has 112 valence electrons. The number of hydrogen-bond donors (Lipinski definition) is 1. The van der Waals surface area contributed by atoms with Gasteiger partial charge in [0, 0.05) is 28.9 Å². The molecular weight excluding hydrogens is 284 g/mol. The van der Waals surface area contributed by atoms with Crippen molar-refractivity contribution < 1.29 is 4.79 Å². The Morgan fingerprint density at radius 1 is 0.826 bits per heavy atom. The van der Waals surface area contributed by atoms with Gasteiger partial charge in [-0.25, -0.2) is 0 Å². The molecule has 23 heavy (non-hydrogen) atoms. The summed E-state index contributed by atoms with van der Waals surface area (Å²) in [5.41, 5.74) is 3.79. The predicted octanol–water partition coefficient (Wildman–Crippen LogP) is 5.01. The first-order valence-corrected chi connectivity index (χ1v) is 7.61. The van der Waals surface area contributed by atoms with Crippen LogP contribution in [-0.2, 0) is 4.79 Å². The molecule has 1 amide bonds. The third-order valence-electron chi connectivity index (χ3n) is 4.09. The second-order valence-electron chi connectivity index (χ2n) is 5.56. The van der Waals surface area contributed by atoms with Gasteiger partial charge in [-0.05, 0) is 24.3 Å². The molecule has 0 spiro atoms. The van der Waals surface area contributed by atoms with Crippen molar-refractivity contribution in [2.45, 2.75) is 6.92 Å². The molecule has 0 atom stereocenters. The molecule has 0 aliphatic heterocycles. The van der Waals surface area contributed by atoms with Crippen molar-refractivity contribution in [3.63, 3.8) is 0 Å². The lowest BCUT2D eigenvalue weighted by Gasteiger charge is -2.22. The molecule has 0 fully saturated rings. The van der Waals surface area contributed by atoms with Gasteiger partial charge in [-0.1, -0.05) is 48.5 Å². The lowest BCUT2D eigenvalue weighted by molar-refractivity contribution is -0.115. The minimum atomic E-state index is -0.0117. The van der Waals surface area contributed by atoms with Crippen LogP contribution in [0.1, 0.15) is 6.92 Å². The quantitative estimate of drug-likeness (QED) is 0.555. The van der Waals surface area contributed by atoms with Gasteiger partial charge in [0.15, 0.2) is 0 Å². The van der Waals surface area contributed by atoms with Gasteiger partial charge in [-0.15, -0.1) is 0 Å². The van der Waals surface area contributed by atoms with Crippen LogP contribution in [0, 0.1) is 0 Å². The lowest BCUT2D eigenvalue weighted by atomic mass is 10.1. The van der Waals surface area contributed by atoms with Crippen LogP contribution in [0.4, 0.5) is 11.4 Å². The summed E-state index contributed by atoms with van der Waals surface area (Å²) in [7, 11) is 0. The summed E-state index contributed by atoms with van der Waals surface area (Å²) in [5.74, 6) is -0.0117. The van der Waals surface area contributed by atoms with Crippen LogP contribution in [0.5, 0.6) is 0 Å². The Labute approximate surface area is 134 Å². The Morgan fingerprint density at radius 3 is 2.30 bits per heavy atom. The van der Waals surface area contributed by atoms with E-state index >= 15 is 0 Å². The van der Waals surface area contributed by atoms with E-state index in [4.69, 9.17) is 0 Å². The highest BCUT2D eigenvalue weighted by Gasteiger charge is 2.18. The number of para-hydroxylation sites is 3. The summed E-state index contributed by atoms with van der Waals surface area (Å²) in [6.45, 7) is 1.59. The summed E-state index contributed by atoms with van der Waals surface area (Å²) < 4.78 is 0. The fraction of sp³-hybridized carbons (Fsp3) is 0.0500. The number of aromatic nitrogens is 1. The molecule has 0 saturated carbocycles. The lowest BCUT2D eigenvalue weighted by Crippen LogP contribution is -2.22. The summed E-state index contributed by atoms with van der Waals surface area (Å²) >= 11 is 0. The maximum absolute atomic E-state index is 12.3. The molecule has 4 aromatic rings. The molecule has 3 aromatic carbocycles. The highest BCUT2D eigenvalue weighted by Crippen LogP contribution is 2.35. The zero-order valence-corrected chi connectivity index (χ0v) is 12.8. The van der Waals surface area contributed by atoms with Gasteiger partial charge in [0.2, 0.25) is 5.91 Å². The molecule has 1 aromatic heterocycles. The molecular formula is C20H16N2O. The van der Waals surface area contributed by atoms with Crippen molar-refractivity contribution in [1.29, 1.82) is 0 Å². The first kappa shape index (κ1) is 13.6. The molecule has 4 rings (SSSR count). The van der Waals surface area contributed by atoms with Gasteiger partial charge in [0.1, 0.15) is 0 Å². The Balaban J connectivity index is 2.02. The van der Waals surface area contributed by atoms with Crippen molar-refractivity contribution in [1.82, 2.24) is 4.98 Å². The molecule has 0 aliphatic carbocycles. The Morgan fingerprint density at radius 2 is 1.52 bits per heavy atom. The fourth-order valence-electron chi connectivity index (χ4n) is 3.11. The summed E-state index contributed by atoms with van der Waals surface area (Å²) in [4.78, 5) is 17.5. The van der Waals surface area contributed by atoms with Gasteiger partial charge in [0.25, 0.3) is 0 Å². The third kappa shape index (κ3) is 2.18. The Bertz CT molecular complexity index is 1000. The van der Waals surface area contributed by atoms with Crippen LogP contribution in [0.3, 0.4) is 0 Å². The highest BCUT2D eigenvalue weighted by molar-refractivity contribution is 6.15. The minimum absolute atomic E-state index is 0.0117. The smallest absolute Gasteiger partial charge is 0.228 e. The topological polar surface area (TPSA) is 36.1 Å². The van der Waals surface area contributed by atoms with Crippen molar-refractivity contribution in [3.05, 3.63) is 72.8 Å². The number of aromatic amines is 1. The van der Waals surface area contributed by atoms with E-state index in [1.165, 1.54) is 5.39 Å². The van der Waals surface area contributed by atoms with E-state index in [-0.39, 0.29) is 5.91 Å². The maximum atomic E-state index is 12.3. The SMILES string of the molecule is CC(=O)N(c1ccccc1)c1cccc2c1[nH]c1ccccc12. The number of fused-ring (bicyclic) bond motifs is 3. The van der Waals surface area contributed by atoms with Gasteiger partial charge in [-0.3, -0.25) is 9.69 Å². The molecule has 1 N–H and O–H groups in total. The van der Waals surface area contributed by atoms with Crippen LogP contribution in [0.2, 0.25) is 0 Å². The maximum Gasteiger partial charge on any atom is 0.228 e. The van der Waals surface area contributed by atoms with Crippen LogP contribution in [0.15, 0.2) is 72.8 Å². The average Bonchev–Trinajstić information content (AvgIpc) is 2.95. The average molecular weight is 300 g/mol. The first-order valence-electron chi connectivity index (χ1n) is 7.61. The van der Waals surface area contributed by atoms with Gasteiger partial charge >= 0.3 is 0 Å². The van der Waals surface area contributed by atoms with E-state index in [0.717, 1.165) is 27.8 Å². The van der Waals surface area contributed by atoms with E-state index in [1.807, 2.05) is 54.6 Å². The van der Waals surface area contributed by atoms with E-state index < -0.39 is 0 Å². The monoisotopic (exact) mass is 300 g/mol. The number of hydrogen-bond acceptors (Lipinski definition) is 1. The molecule has 1 heterocycles. The van der Waals surface area contributed by atoms with Crippen LogP contribution in [-0.4, -0.2) is 10.9 Å². The summed E-state index contributed by atoms with van der Waals surface area (Å²) in [6, 6.07) is 24.0. The number of anilines is 2. The number of nitrogens with one attached hydrogen (secondary N) is 1. The number of benzene rings is 3. The first-order chi connectivity index (χ1) is 11.3. The molecule has 0 aliphatic rings. The Kier molecular flexibility index (Phi) is 3.12. The molecule has 0 radical (unpaired) electrons. The normalized spacial score (nSPS) is 11.0. The number of carbonyl (C=O) groups is 1. The molecule has 0 bridgehead atoms. The van der Waals surface area contributed by atoms with Crippen molar-refractivity contribution in [3.8, 4) is 0 Å². The van der Waals surface area contributed by atoms with Crippen LogP contribution >= 0.6 is 0 Å². The van der Waals surface area contributed by atoms with Gasteiger partial charge in [-0.2, -0.15) is 0 Å². The standard InChI is InChI=1S/C20H16N2O/c1-14(23)22(15-8-3-2-4-9-15)19-13-7-11-17-16-10-5-6-12-18(16)21-20(17)19/h2-13,21H,1H3. The number of amides is 1. The summed E-state index contributed by atoms with van der Waals surface area (Å²) in [6.07, 6.45) is 0. The predicted molar refractivity (Wildman–Crippen MR) is 95.1 cm³/mol. The largest absolute Gasteiger partial charge is 0.353 e. The molecule has 3 nitrogen and oxygen atoms in total. The van der Waals surface area contributed by atoms with Crippen LogP contribution < -0.4 is 4.90 Å². The minimum Gasteiger partial charge on any atom is -0.353 e. The number of rotatable bonds is 2. The second kappa shape index (κ2) is 5.29. The second-order valence-corrected chi connectivity index (χ2v) is 5.56. The molecule has 0 unspecified atom stereocenters. The third-order valence-corrected chi connectivity index (χ3v) is 4.09. The Hall–Kier alpha value is -3.07. The van der Waals surface area contributed by atoms with E-state index in [0.29, 0.717) is 0 Å². The number of carbonyl (C=O) groups excluding carboxylic acids is 1. The zero-order chi connectivity index (χ0) is 15.8. The molecule has 0 saturated heterocycles. The molecule has 3 heteroatoms. The van der Waals surface area contributed by atoms with Gasteiger partial charge in [0.05, 0.1) is 11.2 Å². The van der Waals surface area contributed by atoms with Crippen molar-refractivity contribution in [2.75, 3.05) is 4.90 Å². The fourth-order valence-corrected chi connectivity index (χ4v) is 3.11. The van der Waals surface area contributed by atoms with Gasteiger partial charge < -0.3 is 4.98 Å². The van der Waals surface area contributed by atoms with Crippen LogP contribution in [0.25, 0.3) is 21.8 Å². The van der Waals surface area contributed by atoms with E-state index in [1.54, 1.807) is 11.8 Å². The number of H-pyrrole nitrogens is 1. The summed E-state index contributed by atoms with van der Waals surface area (Å²) in [5, 5.41) is 2.29. The highest BCUT2D eigenvalue weighted by atomic mass is 16.2. The van der Waals surface area contributed by atoms with E-state index in [2.05, 4.69) is 23.2 Å². The van der Waals surface area contributed by atoms with Crippen molar-refractivity contribution >= 4 is 39.1 Å².